The molecule has 1 saturated heterocycles. The number of hydrogen-bond donors (Lipinski definition) is 0. The fraction of sp³-hybridized carbons (Fsp3) is 0.500. The van der Waals surface area contributed by atoms with Gasteiger partial charge in [0.1, 0.15) is 30.3 Å². The Kier molecular flexibility index (Phi) is 13.7. The largest absolute Gasteiger partial charge is 0.497 e. The highest BCUT2D eigenvalue weighted by Gasteiger charge is 2.25. The molecule has 226 valence electrons. The predicted octanol–water partition coefficient (Wildman–Crippen LogP) is 4.18. The zero-order valence-corrected chi connectivity index (χ0v) is 25.0. The van der Waals surface area contributed by atoms with Crippen LogP contribution in [0, 0.1) is 0 Å². The highest BCUT2D eigenvalue weighted by Crippen LogP contribution is 2.14. The predicted molar refractivity (Wildman–Crippen MR) is 154 cm³/mol. The van der Waals surface area contributed by atoms with Crippen molar-refractivity contribution in [2.24, 2.45) is 0 Å². The lowest BCUT2D eigenvalue weighted by atomic mass is 10.2. The van der Waals surface area contributed by atoms with E-state index in [1.54, 1.807) is 24.0 Å². The van der Waals surface area contributed by atoms with E-state index in [1.807, 2.05) is 76.3 Å². The van der Waals surface area contributed by atoms with Crippen LogP contribution in [-0.4, -0.2) is 99.5 Å². The van der Waals surface area contributed by atoms with Crippen molar-refractivity contribution in [2.75, 3.05) is 60.5 Å². The first-order chi connectivity index (χ1) is 19.5. The second kappa shape index (κ2) is 17.0. The maximum Gasteiger partial charge on any atom is 0.410 e. The molecule has 1 heterocycles. The van der Waals surface area contributed by atoms with Crippen LogP contribution >= 0.6 is 0 Å². The van der Waals surface area contributed by atoms with E-state index in [4.69, 9.17) is 18.9 Å². The molecule has 0 radical (unpaired) electrons. The molecule has 1 aliphatic rings. The van der Waals surface area contributed by atoms with Crippen LogP contribution in [0.25, 0.3) is 0 Å². The highest BCUT2D eigenvalue weighted by atomic mass is 16.6. The molecule has 11 heteroatoms. The SMILES string of the molecule is COc1ccc(COC(=O)N2CCN(C)CCN(C(=O)OC(C)(C)C)CC2)cc1.COc1ccc(COC=O)cc1. The molecule has 2 aromatic rings. The Morgan fingerprint density at radius 2 is 1.17 bits per heavy atom. The standard InChI is InChI=1S/C21H33N3O5.C9H10O3/c1-21(2,3)29-20(26)24-13-11-22(4)10-12-23(14-15-24)19(25)28-16-17-6-8-18(27-5)9-7-17;1-11-9-4-2-8(3-5-9)6-12-7-10/h6-9H,10-16H2,1-5H3;2-5,7H,6H2,1H3. The zero-order valence-electron chi connectivity index (χ0n) is 25.0. The Labute approximate surface area is 242 Å². The van der Waals surface area contributed by atoms with Crippen molar-refractivity contribution in [1.82, 2.24) is 14.7 Å². The smallest absolute Gasteiger partial charge is 0.410 e. The van der Waals surface area contributed by atoms with Gasteiger partial charge in [0.15, 0.2) is 0 Å². The summed E-state index contributed by atoms with van der Waals surface area (Å²) in [5, 5.41) is 0. The molecule has 0 aliphatic carbocycles. The fourth-order valence-electron chi connectivity index (χ4n) is 3.66. The molecule has 3 rings (SSSR count). The average Bonchev–Trinajstić information content (AvgIpc) is 3.05. The summed E-state index contributed by atoms with van der Waals surface area (Å²) in [6.45, 7) is 9.79. The van der Waals surface area contributed by atoms with Gasteiger partial charge in [-0.15, -0.1) is 0 Å². The zero-order chi connectivity index (χ0) is 30.3. The van der Waals surface area contributed by atoms with Gasteiger partial charge in [-0.05, 0) is 63.2 Å². The van der Waals surface area contributed by atoms with Crippen molar-refractivity contribution in [3.8, 4) is 11.5 Å². The third-order valence-corrected chi connectivity index (χ3v) is 6.05. The molecular formula is C30H43N3O8. The summed E-state index contributed by atoms with van der Waals surface area (Å²) < 4.78 is 25.6. The third-order valence-electron chi connectivity index (χ3n) is 6.05. The number of hydrogen-bond acceptors (Lipinski definition) is 9. The quantitative estimate of drug-likeness (QED) is 0.356. The number of ether oxygens (including phenoxy) is 5. The Morgan fingerprint density at radius 3 is 1.61 bits per heavy atom. The number of carbonyl (C=O) groups excluding carboxylic acids is 3. The van der Waals surface area contributed by atoms with E-state index in [0.29, 0.717) is 52.3 Å². The molecule has 11 nitrogen and oxygen atoms in total. The average molecular weight is 574 g/mol. The van der Waals surface area contributed by atoms with Gasteiger partial charge in [0.25, 0.3) is 6.47 Å². The number of benzene rings is 2. The molecule has 2 amide bonds. The van der Waals surface area contributed by atoms with E-state index >= 15 is 0 Å². The number of methoxy groups -OCH3 is 2. The minimum absolute atomic E-state index is 0.185. The minimum atomic E-state index is -0.557. The highest BCUT2D eigenvalue weighted by molar-refractivity contribution is 5.69. The lowest BCUT2D eigenvalue weighted by Gasteiger charge is -2.28. The van der Waals surface area contributed by atoms with Gasteiger partial charge >= 0.3 is 12.2 Å². The summed E-state index contributed by atoms with van der Waals surface area (Å²) in [4.78, 5) is 40.3. The molecule has 0 N–H and O–H groups in total. The van der Waals surface area contributed by atoms with Crippen molar-refractivity contribution >= 4 is 18.7 Å². The number of rotatable bonds is 7. The van der Waals surface area contributed by atoms with Crippen LogP contribution in [0.2, 0.25) is 0 Å². The van der Waals surface area contributed by atoms with Crippen molar-refractivity contribution in [2.45, 2.75) is 39.6 Å². The van der Waals surface area contributed by atoms with Crippen LogP contribution in [0.5, 0.6) is 11.5 Å². The lowest BCUT2D eigenvalue weighted by Crippen LogP contribution is -2.43. The molecule has 0 saturated carbocycles. The molecule has 0 spiro atoms. The number of amides is 2. The monoisotopic (exact) mass is 573 g/mol. The normalized spacial score (nSPS) is 14.3. The van der Waals surface area contributed by atoms with Crippen molar-refractivity contribution in [3.63, 3.8) is 0 Å². The summed E-state index contributed by atoms with van der Waals surface area (Å²) in [5.41, 5.74) is 1.28. The first-order valence-electron chi connectivity index (χ1n) is 13.4. The third kappa shape index (κ3) is 12.8. The molecule has 1 aliphatic heterocycles. The van der Waals surface area contributed by atoms with Crippen LogP contribution in [0.4, 0.5) is 9.59 Å². The van der Waals surface area contributed by atoms with Gasteiger partial charge in [-0.1, -0.05) is 24.3 Å². The maximum absolute atomic E-state index is 12.6. The van der Waals surface area contributed by atoms with Gasteiger partial charge in [0, 0.05) is 39.3 Å². The van der Waals surface area contributed by atoms with E-state index in [1.165, 1.54) is 0 Å². The number of carbonyl (C=O) groups is 3. The van der Waals surface area contributed by atoms with Gasteiger partial charge in [-0.2, -0.15) is 0 Å². The summed E-state index contributed by atoms with van der Waals surface area (Å²) in [6, 6.07) is 14.7. The molecule has 0 atom stereocenters. The Balaban J connectivity index is 0.000000408. The number of likely N-dealkylation sites (N-methyl/N-ethyl adjacent to an activating group) is 1. The van der Waals surface area contributed by atoms with Crippen molar-refractivity contribution in [1.29, 1.82) is 0 Å². The second-order valence-corrected chi connectivity index (χ2v) is 10.4. The van der Waals surface area contributed by atoms with Gasteiger partial charge in [-0.3, -0.25) is 4.79 Å². The van der Waals surface area contributed by atoms with E-state index in [2.05, 4.69) is 9.64 Å². The second-order valence-electron chi connectivity index (χ2n) is 10.4. The van der Waals surface area contributed by atoms with E-state index in [-0.39, 0.29) is 18.8 Å². The summed E-state index contributed by atoms with van der Waals surface area (Å²) >= 11 is 0. The maximum atomic E-state index is 12.6. The molecule has 0 aromatic heterocycles. The van der Waals surface area contributed by atoms with E-state index in [0.717, 1.165) is 22.6 Å². The fourth-order valence-corrected chi connectivity index (χ4v) is 3.66. The first kappa shape index (κ1) is 33.2. The van der Waals surface area contributed by atoms with Crippen molar-refractivity contribution in [3.05, 3.63) is 59.7 Å². The minimum Gasteiger partial charge on any atom is -0.497 e. The van der Waals surface area contributed by atoms with Crippen LogP contribution in [0.15, 0.2) is 48.5 Å². The van der Waals surface area contributed by atoms with Gasteiger partial charge in [0.05, 0.1) is 14.2 Å². The van der Waals surface area contributed by atoms with E-state index < -0.39 is 5.60 Å². The number of nitrogens with zero attached hydrogens (tertiary/aromatic N) is 3. The topological polar surface area (TPSA) is 107 Å². The molecule has 1 fully saturated rings. The lowest BCUT2D eigenvalue weighted by molar-refractivity contribution is -0.129. The molecule has 2 aromatic carbocycles. The molecule has 0 bridgehead atoms. The van der Waals surface area contributed by atoms with Gasteiger partial charge in [-0.25, -0.2) is 9.59 Å². The van der Waals surface area contributed by atoms with E-state index in [9.17, 15) is 14.4 Å². The summed E-state index contributed by atoms with van der Waals surface area (Å²) in [7, 11) is 5.19. The summed E-state index contributed by atoms with van der Waals surface area (Å²) in [6.07, 6.45) is -0.750. The molecule has 41 heavy (non-hydrogen) atoms. The van der Waals surface area contributed by atoms with Gasteiger partial charge < -0.3 is 38.4 Å². The van der Waals surface area contributed by atoms with Crippen LogP contribution in [0.1, 0.15) is 31.9 Å². The first-order valence-corrected chi connectivity index (χ1v) is 13.4. The van der Waals surface area contributed by atoms with Crippen LogP contribution in [-0.2, 0) is 32.2 Å². The molecule has 0 unspecified atom stereocenters. The van der Waals surface area contributed by atoms with Crippen molar-refractivity contribution < 1.29 is 38.1 Å². The Bertz CT molecular complexity index is 1070. The van der Waals surface area contributed by atoms with Crippen LogP contribution < -0.4 is 9.47 Å². The Hall–Kier alpha value is -3.99. The van der Waals surface area contributed by atoms with Crippen LogP contribution in [0.3, 0.4) is 0 Å². The molecular weight excluding hydrogens is 530 g/mol. The summed E-state index contributed by atoms with van der Waals surface area (Å²) in [5.74, 6) is 1.55. The Morgan fingerprint density at radius 1 is 0.732 bits per heavy atom. The van der Waals surface area contributed by atoms with Gasteiger partial charge in [0.2, 0.25) is 0 Å².